The van der Waals surface area contributed by atoms with Gasteiger partial charge in [-0.3, -0.25) is 4.79 Å². The zero-order valence-corrected chi connectivity index (χ0v) is 22.3. The van der Waals surface area contributed by atoms with E-state index in [0.717, 1.165) is 55.5 Å². The molecule has 33 heavy (non-hydrogen) atoms. The number of rotatable bonds is 13. The summed E-state index contributed by atoms with van der Waals surface area (Å²) in [6.07, 6.45) is 6.88. The van der Waals surface area contributed by atoms with Crippen molar-refractivity contribution in [2.75, 3.05) is 40.3 Å². The molecule has 0 saturated carbocycles. The highest BCUT2D eigenvalue weighted by Gasteiger charge is 2.20. The van der Waals surface area contributed by atoms with Gasteiger partial charge in [-0.05, 0) is 44.9 Å². The molecule has 0 unspecified atom stereocenters. The Morgan fingerprint density at radius 3 is 2.55 bits per heavy atom. The summed E-state index contributed by atoms with van der Waals surface area (Å²) in [7, 11) is 4.13. The summed E-state index contributed by atoms with van der Waals surface area (Å²) in [6, 6.07) is 7.08. The minimum Gasteiger partial charge on any atom is -1.00 e. The first-order valence-corrected chi connectivity index (χ1v) is 11.6. The Morgan fingerprint density at radius 1 is 1.12 bits per heavy atom. The van der Waals surface area contributed by atoms with Crippen LogP contribution < -0.4 is 32.7 Å². The summed E-state index contributed by atoms with van der Waals surface area (Å²) >= 11 is 0. The molecule has 2 aromatic rings. The number of nitrogens with one attached hydrogen (secondary N) is 1. The van der Waals surface area contributed by atoms with Gasteiger partial charge in [0.25, 0.3) is 5.91 Å². The Morgan fingerprint density at radius 2 is 1.85 bits per heavy atom. The van der Waals surface area contributed by atoms with Gasteiger partial charge in [0.1, 0.15) is 11.3 Å². The minimum absolute atomic E-state index is 0. The van der Waals surface area contributed by atoms with Gasteiger partial charge in [-0.1, -0.05) is 31.4 Å². The van der Waals surface area contributed by atoms with Crippen molar-refractivity contribution >= 4 is 16.9 Å². The van der Waals surface area contributed by atoms with E-state index < -0.39 is 0 Å². The van der Waals surface area contributed by atoms with Crippen molar-refractivity contribution in [1.29, 1.82) is 0 Å². The number of allylic oxidation sites excluding steroid dienone is 2. The molecule has 1 aromatic heterocycles. The number of halogens is 1. The van der Waals surface area contributed by atoms with Crippen LogP contribution in [-0.4, -0.2) is 50.7 Å². The predicted octanol–water partition coefficient (Wildman–Crippen LogP) is 1.46. The summed E-state index contributed by atoms with van der Waals surface area (Å²) in [5.74, 6) is 0.837. The third-order valence-corrected chi connectivity index (χ3v) is 5.40. The quantitative estimate of drug-likeness (QED) is 0.187. The molecule has 0 aliphatic rings. The van der Waals surface area contributed by atoms with Gasteiger partial charge in [0.15, 0.2) is 6.54 Å². The van der Waals surface area contributed by atoms with E-state index in [-0.39, 0.29) is 28.5 Å². The van der Waals surface area contributed by atoms with Crippen molar-refractivity contribution in [3.8, 4) is 5.75 Å². The Labute approximate surface area is 208 Å². The number of ether oxygens (including phenoxy) is 1. The Balaban J connectivity index is 0.00000544. The van der Waals surface area contributed by atoms with Gasteiger partial charge >= 0.3 is 5.63 Å². The van der Waals surface area contributed by atoms with Gasteiger partial charge in [0.05, 0.1) is 27.2 Å². The van der Waals surface area contributed by atoms with Gasteiger partial charge < -0.3 is 35.9 Å². The largest absolute Gasteiger partial charge is 1.00 e. The number of benzene rings is 1. The highest BCUT2D eigenvalue weighted by atomic mass is 79.9. The third kappa shape index (κ3) is 10.1. The van der Waals surface area contributed by atoms with Gasteiger partial charge in [0, 0.05) is 30.0 Å². The molecule has 1 N–H and O–H groups in total. The second kappa shape index (κ2) is 14.2. The van der Waals surface area contributed by atoms with Crippen LogP contribution in [0.4, 0.5) is 0 Å². The van der Waals surface area contributed by atoms with E-state index in [1.165, 1.54) is 11.6 Å². The molecule has 184 valence electrons. The van der Waals surface area contributed by atoms with Crippen LogP contribution in [-0.2, 0) is 11.2 Å². The number of hydrogen-bond acceptors (Lipinski definition) is 4. The molecule has 2 rings (SSSR count). The zero-order valence-electron chi connectivity index (χ0n) is 20.7. The van der Waals surface area contributed by atoms with E-state index >= 15 is 0 Å². The molecule has 1 amide bonds. The highest BCUT2D eigenvalue weighted by Crippen LogP contribution is 2.28. The Hall–Kier alpha value is -2.12. The molecule has 1 heterocycles. The molecular formula is C26H39BrN2O4. The van der Waals surface area contributed by atoms with Crippen LogP contribution in [0.25, 0.3) is 11.0 Å². The minimum atomic E-state index is -0.361. The summed E-state index contributed by atoms with van der Waals surface area (Å²) in [6.45, 7) is 8.81. The number of unbranched alkanes of at least 4 members (excludes halogenated alkanes) is 2. The average Bonchev–Trinajstić information content (AvgIpc) is 2.72. The van der Waals surface area contributed by atoms with E-state index in [1.54, 1.807) is 6.07 Å². The molecule has 0 radical (unpaired) electrons. The number of carbonyl (C=O) groups is 1. The van der Waals surface area contributed by atoms with Crippen LogP contribution in [0.5, 0.6) is 5.75 Å². The molecule has 0 saturated heterocycles. The summed E-state index contributed by atoms with van der Waals surface area (Å²) in [5.41, 5.74) is 2.31. The SMILES string of the molecule is CCCCCNC(=O)C[N+](C)(C)CCCOc1ccc2ccc(=O)oc2c1CC=C(C)C.[Br-]. The smallest absolute Gasteiger partial charge is 0.336 e. The molecule has 0 aliphatic carbocycles. The molecule has 1 aromatic carbocycles. The van der Waals surface area contributed by atoms with Crippen LogP contribution in [0, 0.1) is 0 Å². The molecule has 0 atom stereocenters. The van der Waals surface area contributed by atoms with E-state index in [0.29, 0.717) is 29.6 Å². The summed E-state index contributed by atoms with van der Waals surface area (Å²) in [4.78, 5) is 24.0. The number of hydrogen-bond donors (Lipinski definition) is 1. The van der Waals surface area contributed by atoms with Crippen molar-refractivity contribution in [1.82, 2.24) is 5.32 Å². The molecule has 6 nitrogen and oxygen atoms in total. The average molecular weight is 524 g/mol. The monoisotopic (exact) mass is 522 g/mol. The molecule has 0 fully saturated rings. The van der Waals surface area contributed by atoms with Crippen LogP contribution >= 0.6 is 0 Å². The number of nitrogens with zero attached hydrogens (tertiary/aromatic N) is 1. The topological polar surface area (TPSA) is 68.5 Å². The maximum atomic E-state index is 12.2. The van der Waals surface area contributed by atoms with Crippen molar-refractivity contribution in [3.63, 3.8) is 0 Å². The first-order valence-electron chi connectivity index (χ1n) is 11.6. The van der Waals surface area contributed by atoms with E-state index in [9.17, 15) is 9.59 Å². The van der Waals surface area contributed by atoms with E-state index in [4.69, 9.17) is 9.15 Å². The number of fused-ring (bicyclic) bond motifs is 1. The molecule has 0 bridgehead atoms. The van der Waals surface area contributed by atoms with Gasteiger partial charge in [-0.15, -0.1) is 0 Å². The fraction of sp³-hybridized carbons (Fsp3) is 0.538. The van der Waals surface area contributed by atoms with Crippen LogP contribution in [0.1, 0.15) is 52.0 Å². The van der Waals surface area contributed by atoms with Crippen molar-refractivity contribution in [2.24, 2.45) is 0 Å². The van der Waals surface area contributed by atoms with Crippen LogP contribution in [0.2, 0.25) is 0 Å². The van der Waals surface area contributed by atoms with Gasteiger partial charge in [0.2, 0.25) is 0 Å². The Bertz CT molecular complexity index is 978. The van der Waals surface area contributed by atoms with Crippen molar-refractivity contribution in [2.45, 2.75) is 52.9 Å². The summed E-state index contributed by atoms with van der Waals surface area (Å²) in [5, 5.41) is 3.90. The first-order chi connectivity index (χ1) is 15.2. The second-order valence-electron chi connectivity index (χ2n) is 9.28. The normalized spacial score (nSPS) is 11.1. The number of quaternary nitrogens is 1. The number of amides is 1. The lowest BCUT2D eigenvalue weighted by Crippen LogP contribution is -3.00. The molecular weight excluding hydrogens is 484 g/mol. The van der Waals surface area contributed by atoms with E-state index in [1.807, 2.05) is 26.0 Å². The lowest BCUT2D eigenvalue weighted by Gasteiger charge is -2.29. The maximum absolute atomic E-state index is 12.2. The van der Waals surface area contributed by atoms with Crippen LogP contribution in [0.3, 0.4) is 0 Å². The second-order valence-corrected chi connectivity index (χ2v) is 9.28. The zero-order chi connectivity index (χ0) is 23.6. The Kier molecular flexibility index (Phi) is 12.4. The standard InChI is InChI=1S/C26H38N2O4.BrH/c1-6-7-8-16-27-24(29)19-28(4,5)17-9-18-31-23-14-11-21-12-15-25(30)32-26(21)22(23)13-10-20(2)3;/h10-12,14-15H,6-9,13,16-19H2,1-5H3;1H. The first kappa shape index (κ1) is 28.9. The van der Waals surface area contributed by atoms with Crippen LogP contribution in [0.15, 0.2) is 45.1 Å². The fourth-order valence-electron chi connectivity index (χ4n) is 3.61. The molecule has 7 heteroatoms. The molecule has 0 spiro atoms. The predicted molar refractivity (Wildman–Crippen MR) is 130 cm³/mol. The highest BCUT2D eigenvalue weighted by molar-refractivity contribution is 5.82. The van der Waals surface area contributed by atoms with Crippen molar-refractivity contribution in [3.05, 3.63) is 51.9 Å². The number of carbonyl (C=O) groups excluding carboxylic acids is 1. The fourth-order valence-corrected chi connectivity index (χ4v) is 3.61. The van der Waals surface area contributed by atoms with Gasteiger partial charge in [-0.2, -0.15) is 0 Å². The lowest BCUT2D eigenvalue weighted by molar-refractivity contribution is -0.882. The number of likely N-dealkylation sites (N-methyl/N-ethyl adjacent to an activating group) is 1. The van der Waals surface area contributed by atoms with Crippen molar-refractivity contribution < 1.29 is 35.4 Å². The van der Waals surface area contributed by atoms with Gasteiger partial charge in [-0.25, -0.2) is 4.79 Å². The summed E-state index contributed by atoms with van der Waals surface area (Å²) < 4.78 is 12.2. The van der Waals surface area contributed by atoms with E-state index in [2.05, 4.69) is 32.4 Å². The maximum Gasteiger partial charge on any atom is 0.336 e. The third-order valence-electron chi connectivity index (χ3n) is 5.40. The molecule has 0 aliphatic heterocycles. The lowest BCUT2D eigenvalue weighted by atomic mass is 10.1.